The first-order valence-corrected chi connectivity index (χ1v) is 9.31. The number of hydrogen-bond donors (Lipinski definition) is 1. The molecule has 1 saturated heterocycles. The van der Waals surface area contributed by atoms with Crippen molar-refractivity contribution in [2.45, 2.75) is 38.6 Å². The van der Waals surface area contributed by atoms with Crippen LogP contribution in [0.25, 0.3) is 0 Å². The fourth-order valence-electron chi connectivity index (χ4n) is 2.47. The van der Waals surface area contributed by atoms with Crippen molar-refractivity contribution in [1.82, 2.24) is 15.5 Å². The molecule has 5 nitrogen and oxygen atoms in total. The molecule has 1 N–H and O–H groups in total. The van der Waals surface area contributed by atoms with Crippen LogP contribution in [-0.4, -0.2) is 35.2 Å². The Morgan fingerprint density at radius 2 is 2.14 bits per heavy atom. The van der Waals surface area contributed by atoms with Gasteiger partial charge in [-0.1, -0.05) is 25.2 Å². The highest BCUT2D eigenvalue weighted by molar-refractivity contribution is 7.15. The summed E-state index contributed by atoms with van der Waals surface area (Å²) in [7, 11) is 0. The predicted octanol–water partition coefficient (Wildman–Crippen LogP) is 3.12. The van der Waals surface area contributed by atoms with E-state index in [0.717, 1.165) is 41.6 Å². The van der Waals surface area contributed by atoms with E-state index < -0.39 is 0 Å². The van der Waals surface area contributed by atoms with Gasteiger partial charge in [0.15, 0.2) is 0 Å². The van der Waals surface area contributed by atoms with Gasteiger partial charge in [-0.3, -0.25) is 4.79 Å². The third-order valence-corrected chi connectivity index (χ3v) is 5.78. The molecule has 1 aliphatic heterocycles. The Balaban J connectivity index is 1.52. The molecule has 7 heteroatoms. The summed E-state index contributed by atoms with van der Waals surface area (Å²) in [5.74, 6) is 0.464. The number of thiophene rings is 1. The first-order valence-electron chi connectivity index (χ1n) is 7.55. The van der Waals surface area contributed by atoms with E-state index in [2.05, 4.69) is 34.3 Å². The Labute approximate surface area is 138 Å². The Bertz CT molecular complexity index is 615. The van der Waals surface area contributed by atoms with Crippen molar-refractivity contribution in [3.8, 4) is 0 Å². The molecular formula is C15H20N4OS2. The quantitative estimate of drug-likeness (QED) is 0.932. The number of aromatic nitrogens is 2. The van der Waals surface area contributed by atoms with Gasteiger partial charge in [0.25, 0.3) is 5.91 Å². The molecule has 1 aliphatic rings. The van der Waals surface area contributed by atoms with Crippen LogP contribution < -0.4 is 10.2 Å². The van der Waals surface area contributed by atoms with E-state index in [-0.39, 0.29) is 11.9 Å². The van der Waals surface area contributed by atoms with Crippen LogP contribution in [0.4, 0.5) is 5.13 Å². The van der Waals surface area contributed by atoms with E-state index in [0.29, 0.717) is 5.92 Å². The summed E-state index contributed by atoms with van der Waals surface area (Å²) < 4.78 is 0. The molecule has 0 aliphatic carbocycles. The Kier molecular flexibility index (Phi) is 4.73. The van der Waals surface area contributed by atoms with Gasteiger partial charge in [-0.15, -0.1) is 10.2 Å². The molecule has 0 bridgehead atoms. The third-order valence-electron chi connectivity index (χ3n) is 3.81. The highest BCUT2D eigenvalue weighted by atomic mass is 32.1. The average Bonchev–Trinajstić information content (AvgIpc) is 3.20. The number of amides is 1. The average molecular weight is 336 g/mol. The lowest BCUT2D eigenvalue weighted by Crippen LogP contribution is -2.44. The number of carbonyl (C=O) groups excluding carboxylic acids is 1. The highest BCUT2D eigenvalue weighted by Crippen LogP contribution is 2.27. The molecule has 0 unspecified atom stereocenters. The van der Waals surface area contributed by atoms with E-state index in [1.165, 1.54) is 0 Å². The molecule has 1 fully saturated rings. The smallest absolute Gasteiger partial charge is 0.252 e. The number of piperidine rings is 1. The van der Waals surface area contributed by atoms with Gasteiger partial charge in [0.2, 0.25) is 5.13 Å². The van der Waals surface area contributed by atoms with Gasteiger partial charge in [-0.25, -0.2) is 0 Å². The Morgan fingerprint density at radius 3 is 2.73 bits per heavy atom. The number of carbonyl (C=O) groups is 1. The van der Waals surface area contributed by atoms with Gasteiger partial charge in [0.05, 0.1) is 0 Å². The fourth-order valence-corrected chi connectivity index (χ4v) is 4.00. The molecule has 22 heavy (non-hydrogen) atoms. The van der Waals surface area contributed by atoms with Gasteiger partial charge in [0.1, 0.15) is 5.01 Å². The topological polar surface area (TPSA) is 58.1 Å². The van der Waals surface area contributed by atoms with Crippen molar-refractivity contribution < 1.29 is 4.79 Å². The molecule has 2 aromatic rings. The van der Waals surface area contributed by atoms with Gasteiger partial charge < -0.3 is 10.2 Å². The Hall–Kier alpha value is -1.47. The molecule has 3 heterocycles. The lowest BCUT2D eigenvalue weighted by molar-refractivity contribution is 0.0931. The number of nitrogens with zero attached hydrogens (tertiary/aromatic N) is 3. The summed E-state index contributed by atoms with van der Waals surface area (Å²) in [6.45, 7) is 6.11. The van der Waals surface area contributed by atoms with Crippen LogP contribution in [0.5, 0.6) is 0 Å². The van der Waals surface area contributed by atoms with Crippen molar-refractivity contribution in [2.24, 2.45) is 0 Å². The number of hydrogen-bond acceptors (Lipinski definition) is 6. The standard InChI is InChI=1S/C15H20N4OS2/c1-10(2)14-17-18-15(22-14)19-6-3-12(4-7-19)16-13(20)11-5-8-21-9-11/h5,8-10,12H,3-4,6-7H2,1-2H3,(H,16,20). The fraction of sp³-hybridized carbons (Fsp3) is 0.533. The maximum Gasteiger partial charge on any atom is 0.252 e. The zero-order valence-corrected chi connectivity index (χ0v) is 14.4. The van der Waals surface area contributed by atoms with Gasteiger partial charge >= 0.3 is 0 Å². The largest absolute Gasteiger partial charge is 0.349 e. The third kappa shape index (κ3) is 3.47. The van der Waals surface area contributed by atoms with Crippen LogP contribution in [0.3, 0.4) is 0 Å². The second-order valence-electron chi connectivity index (χ2n) is 5.82. The minimum Gasteiger partial charge on any atom is -0.349 e. The second-order valence-corrected chi connectivity index (χ2v) is 7.59. The summed E-state index contributed by atoms with van der Waals surface area (Å²) >= 11 is 3.23. The van der Waals surface area contributed by atoms with Crippen LogP contribution in [0.2, 0.25) is 0 Å². The van der Waals surface area contributed by atoms with Crippen LogP contribution in [-0.2, 0) is 0 Å². The zero-order valence-electron chi connectivity index (χ0n) is 12.8. The normalized spacial score (nSPS) is 16.2. The van der Waals surface area contributed by atoms with Gasteiger partial charge in [0, 0.05) is 36.0 Å². The Morgan fingerprint density at radius 1 is 1.36 bits per heavy atom. The van der Waals surface area contributed by atoms with E-state index in [4.69, 9.17) is 0 Å². The van der Waals surface area contributed by atoms with E-state index in [1.807, 2.05) is 16.8 Å². The molecule has 0 aromatic carbocycles. The van der Waals surface area contributed by atoms with E-state index in [9.17, 15) is 4.79 Å². The minimum atomic E-state index is 0.0395. The molecular weight excluding hydrogens is 316 g/mol. The summed E-state index contributed by atoms with van der Waals surface area (Å²) in [5.41, 5.74) is 0.762. The molecule has 3 rings (SSSR count). The minimum absolute atomic E-state index is 0.0395. The highest BCUT2D eigenvalue weighted by Gasteiger charge is 2.23. The van der Waals surface area contributed by atoms with Crippen molar-refractivity contribution in [2.75, 3.05) is 18.0 Å². The van der Waals surface area contributed by atoms with Crippen LogP contribution in [0.15, 0.2) is 16.8 Å². The van der Waals surface area contributed by atoms with Gasteiger partial charge in [-0.2, -0.15) is 11.3 Å². The molecule has 2 aromatic heterocycles. The summed E-state index contributed by atoms with van der Waals surface area (Å²) in [4.78, 5) is 14.3. The summed E-state index contributed by atoms with van der Waals surface area (Å²) in [6, 6.07) is 2.12. The van der Waals surface area contributed by atoms with Crippen molar-refractivity contribution in [1.29, 1.82) is 0 Å². The molecule has 1 amide bonds. The SMILES string of the molecule is CC(C)c1nnc(N2CCC(NC(=O)c3ccsc3)CC2)s1. The van der Waals surface area contributed by atoms with Crippen LogP contribution in [0, 0.1) is 0 Å². The summed E-state index contributed by atoms with van der Waals surface area (Å²) in [5, 5.41) is 17.6. The first-order chi connectivity index (χ1) is 10.6. The molecule has 0 saturated carbocycles. The number of rotatable bonds is 4. The van der Waals surface area contributed by atoms with E-state index >= 15 is 0 Å². The monoisotopic (exact) mass is 336 g/mol. The lowest BCUT2D eigenvalue weighted by atomic mass is 10.1. The summed E-state index contributed by atoms with van der Waals surface area (Å²) in [6.07, 6.45) is 1.90. The van der Waals surface area contributed by atoms with Crippen LogP contribution >= 0.6 is 22.7 Å². The second kappa shape index (κ2) is 6.75. The first kappa shape index (κ1) is 15.4. The molecule has 118 valence electrons. The van der Waals surface area contributed by atoms with Crippen molar-refractivity contribution in [3.05, 3.63) is 27.4 Å². The van der Waals surface area contributed by atoms with Crippen LogP contribution in [0.1, 0.15) is 48.0 Å². The molecule has 0 atom stereocenters. The molecule has 0 spiro atoms. The maximum atomic E-state index is 12.1. The number of anilines is 1. The lowest BCUT2D eigenvalue weighted by Gasteiger charge is -2.31. The molecule has 0 radical (unpaired) electrons. The number of nitrogens with one attached hydrogen (secondary N) is 1. The van der Waals surface area contributed by atoms with Crippen molar-refractivity contribution >= 4 is 33.7 Å². The zero-order chi connectivity index (χ0) is 15.5. The van der Waals surface area contributed by atoms with Crippen molar-refractivity contribution in [3.63, 3.8) is 0 Å². The maximum absolute atomic E-state index is 12.1. The van der Waals surface area contributed by atoms with E-state index in [1.54, 1.807) is 22.7 Å². The predicted molar refractivity (Wildman–Crippen MR) is 91.0 cm³/mol. The van der Waals surface area contributed by atoms with Gasteiger partial charge in [-0.05, 0) is 24.3 Å².